The van der Waals surface area contributed by atoms with E-state index in [-0.39, 0.29) is 17.5 Å². The van der Waals surface area contributed by atoms with Crippen molar-refractivity contribution in [3.05, 3.63) is 51.9 Å². The van der Waals surface area contributed by atoms with E-state index in [2.05, 4.69) is 26.6 Å². The predicted molar refractivity (Wildman–Crippen MR) is 137 cm³/mol. The second kappa shape index (κ2) is 10.4. The van der Waals surface area contributed by atoms with Gasteiger partial charge in [0.25, 0.3) is 5.56 Å². The number of nitrogens with zero attached hydrogens (tertiary/aromatic N) is 4. The van der Waals surface area contributed by atoms with Crippen molar-refractivity contribution >= 4 is 27.5 Å². The average molecular weight is 480 g/mol. The Labute approximate surface area is 204 Å². The van der Waals surface area contributed by atoms with Crippen molar-refractivity contribution in [3.63, 3.8) is 0 Å². The van der Waals surface area contributed by atoms with E-state index in [9.17, 15) is 9.59 Å². The maximum Gasteiger partial charge on any atom is 0.260 e. The number of carbonyl (C=O) groups excluding carboxylic acids is 1. The van der Waals surface area contributed by atoms with E-state index in [1.807, 2.05) is 35.7 Å². The Morgan fingerprint density at radius 3 is 2.44 bits per heavy atom. The summed E-state index contributed by atoms with van der Waals surface area (Å²) in [6.45, 7) is 7.86. The van der Waals surface area contributed by atoms with Crippen molar-refractivity contribution in [2.24, 2.45) is 0 Å². The molecule has 7 nitrogen and oxygen atoms in total. The van der Waals surface area contributed by atoms with Crippen LogP contribution in [0.2, 0.25) is 0 Å². The van der Waals surface area contributed by atoms with E-state index in [1.165, 1.54) is 24.2 Å². The van der Waals surface area contributed by atoms with E-state index in [0.29, 0.717) is 17.8 Å². The molecule has 8 heteroatoms. The van der Waals surface area contributed by atoms with Crippen LogP contribution in [0.25, 0.3) is 21.3 Å². The molecule has 0 aliphatic carbocycles. The number of hydrogen-bond acceptors (Lipinski definition) is 6. The molecule has 0 radical (unpaired) electrons. The smallest absolute Gasteiger partial charge is 0.260 e. The summed E-state index contributed by atoms with van der Waals surface area (Å²) in [5.41, 5.74) is 1.90. The molecule has 0 unspecified atom stereocenters. The lowest BCUT2D eigenvalue weighted by molar-refractivity contribution is -0.132. The quantitative estimate of drug-likeness (QED) is 0.604. The Hall–Kier alpha value is -2.55. The molecule has 5 rings (SSSR count). The van der Waals surface area contributed by atoms with E-state index < -0.39 is 0 Å². The van der Waals surface area contributed by atoms with Gasteiger partial charge in [-0.15, -0.1) is 11.3 Å². The number of aromatic amines is 1. The third-order valence-corrected chi connectivity index (χ3v) is 8.09. The normalized spacial score (nSPS) is 19.3. The average Bonchev–Trinajstić information content (AvgIpc) is 3.11. The van der Waals surface area contributed by atoms with Crippen LogP contribution in [-0.4, -0.2) is 76.4 Å². The van der Waals surface area contributed by atoms with Gasteiger partial charge in [-0.05, 0) is 25.3 Å². The highest BCUT2D eigenvalue weighted by Crippen LogP contribution is 2.31. The van der Waals surface area contributed by atoms with Crippen LogP contribution >= 0.6 is 11.3 Å². The maximum atomic E-state index is 13.0. The number of thiophene rings is 1. The van der Waals surface area contributed by atoms with Crippen molar-refractivity contribution in [2.75, 3.05) is 45.8 Å². The van der Waals surface area contributed by atoms with Gasteiger partial charge in [0.05, 0.1) is 18.0 Å². The zero-order valence-corrected chi connectivity index (χ0v) is 20.6. The fourth-order valence-corrected chi connectivity index (χ4v) is 6.04. The summed E-state index contributed by atoms with van der Waals surface area (Å²) in [6.07, 6.45) is 4.73. The van der Waals surface area contributed by atoms with Crippen LogP contribution in [0.4, 0.5) is 0 Å². The van der Waals surface area contributed by atoms with Gasteiger partial charge in [-0.3, -0.25) is 19.4 Å². The number of amides is 1. The summed E-state index contributed by atoms with van der Waals surface area (Å²) in [6, 6.07) is 10.0. The van der Waals surface area contributed by atoms with Gasteiger partial charge in [0.2, 0.25) is 5.91 Å². The van der Waals surface area contributed by atoms with Gasteiger partial charge >= 0.3 is 0 Å². The minimum absolute atomic E-state index is 0.0165. The third-order valence-electron chi connectivity index (χ3n) is 7.22. The molecule has 1 aromatic carbocycles. The van der Waals surface area contributed by atoms with Gasteiger partial charge in [0.15, 0.2) is 0 Å². The number of nitrogens with one attached hydrogen (secondary N) is 1. The number of H-pyrrole nitrogens is 1. The molecule has 2 aliphatic rings. The monoisotopic (exact) mass is 479 g/mol. The number of carbonyl (C=O) groups is 1. The van der Waals surface area contributed by atoms with Crippen molar-refractivity contribution in [1.29, 1.82) is 0 Å². The molecule has 34 heavy (non-hydrogen) atoms. The topological polar surface area (TPSA) is 72.5 Å². The van der Waals surface area contributed by atoms with Crippen LogP contribution in [0, 0.1) is 0 Å². The van der Waals surface area contributed by atoms with Crippen LogP contribution in [0.3, 0.4) is 0 Å². The molecular weight excluding hydrogens is 446 g/mol. The number of aromatic nitrogens is 2. The number of rotatable bonds is 5. The largest absolute Gasteiger partial charge is 0.342 e. The zero-order chi connectivity index (χ0) is 23.5. The van der Waals surface area contributed by atoms with Crippen molar-refractivity contribution in [2.45, 2.75) is 38.6 Å². The van der Waals surface area contributed by atoms with Crippen LogP contribution < -0.4 is 5.56 Å². The van der Waals surface area contributed by atoms with Gasteiger partial charge in [-0.1, -0.05) is 43.2 Å². The first kappa shape index (κ1) is 23.2. The SMILES string of the molecule is C[C@H](c1nc2scc(-c3ccccc3)c2c(=O)[nH]1)N1CCN(CC(=O)N2CCCCCC2)CC1. The van der Waals surface area contributed by atoms with Gasteiger partial charge < -0.3 is 9.88 Å². The van der Waals surface area contributed by atoms with Crippen LogP contribution in [0.15, 0.2) is 40.5 Å². The van der Waals surface area contributed by atoms with Crippen molar-refractivity contribution in [1.82, 2.24) is 24.7 Å². The number of piperazine rings is 1. The molecule has 3 aromatic rings. The zero-order valence-electron chi connectivity index (χ0n) is 19.8. The lowest BCUT2D eigenvalue weighted by Crippen LogP contribution is -2.50. The van der Waals surface area contributed by atoms with Gasteiger partial charge in [0.1, 0.15) is 10.7 Å². The summed E-state index contributed by atoms with van der Waals surface area (Å²) < 4.78 is 0. The molecule has 2 aromatic heterocycles. The molecule has 4 heterocycles. The summed E-state index contributed by atoms with van der Waals surface area (Å²) >= 11 is 1.52. The minimum Gasteiger partial charge on any atom is -0.342 e. The van der Waals surface area contributed by atoms with Gasteiger partial charge in [0, 0.05) is 50.2 Å². The lowest BCUT2D eigenvalue weighted by Gasteiger charge is -2.37. The Bertz CT molecular complexity index is 1170. The number of fused-ring (bicyclic) bond motifs is 1. The van der Waals surface area contributed by atoms with Crippen LogP contribution in [0.1, 0.15) is 44.5 Å². The van der Waals surface area contributed by atoms with Crippen LogP contribution in [0.5, 0.6) is 0 Å². The third kappa shape index (κ3) is 4.94. The first-order chi connectivity index (χ1) is 16.6. The second-order valence-corrected chi connectivity index (χ2v) is 10.3. The molecule has 2 fully saturated rings. The lowest BCUT2D eigenvalue weighted by atomic mass is 10.1. The molecular formula is C26H33N5O2S. The molecule has 180 valence electrons. The van der Waals surface area contributed by atoms with Crippen molar-refractivity contribution in [3.8, 4) is 11.1 Å². The maximum absolute atomic E-state index is 13.0. The van der Waals surface area contributed by atoms with Gasteiger partial charge in [-0.2, -0.15) is 0 Å². The fourth-order valence-electron chi connectivity index (χ4n) is 5.09. The molecule has 1 atom stereocenters. The fraction of sp³-hybridized carbons (Fsp3) is 0.500. The van der Waals surface area contributed by atoms with Crippen LogP contribution in [-0.2, 0) is 4.79 Å². The number of hydrogen-bond donors (Lipinski definition) is 1. The van der Waals surface area contributed by atoms with E-state index in [0.717, 1.165) is 68.1 Å². The number of benzene rings is 1. The Morgan fingerprint density at radius 2 is 1.74 bits per heavy atom. The Morgan fingerprint density at radius 1 is 1.03 bits per heavy atom. The highest BCUT2D eigenvalue weighted by atomic mass is 32.1. The first-order valence-electron chi connectivity index (χ1n) is 12.4. The predicted octanol–water partition coefficient (Wildman–Crippen LogP) is 3.73. The summed E-state index contributed by atoms with van der Waals surface area (Å²) in [4.78, 5) is 41.1. The summed E-state index contributed by atoms with van der Waals surface area (Å²) in [7, 11) is 0. The first-order valence-corrected chi connectivity index (χ1v) is 13.3. The molecule has 0 spiro atoms. The molecule has 2 aliphatic heterocycles. The standard InChI is InChI=1S/C26H33N5O2S/c1-19(30-15-13-29(14-16-30)17-22(32)31-11-7-2-3-8-12-31)24-27-25(33)23-21(18-34-26(23)28-24)20-9-5-4-6-10-20/h4-6,9-10,18-19H,2-3,7-8,11-17H2,1H3,(H,27,28,33)/t19-/m1/s1. The Kier molecular flexibility index (Phi) is 7.08. The summed E-state index contributed by atoms with van der Waals surface area (Å²) in [5, 5.41) is 2.69. The van der Waals surface area contributed by atoms with E-state index >= 15 is 0 Å². The highest BCUT2D eigenvalue weighted by Gasteiger charge is 2.26. The van der Waals surface area contributed by atoms with E-state index in [4.69, 9.17) is 4.98 Å². The Balaban J connectivity index is 1.23. The number of likely N-dealkylation sites (tertiary alicyclic amines) is 1. The van der Waals surface area contributed by atoms with Gasteiger partial charge in [-0.25, -0.2) is 4.98 Å². The highest BCUT2D eigenvalue weighted by molar-refractivity contribution is 7.17. The minimum atomic E-state index is -0.0753. The molecule has 1 amide bonds. The molecule has 2 saturated heterocycles. The molecule has 0 saturated carbocycles. The van der Waals surface area contributed by atoms with Crippen molar-refractivity contribution < 1.29 is 4.79 Å². The molecule has 1 N–H and O–H groups in total. The molecule has 0 bridgehead atoms. The van der Waals surface area contributed by atoms with E-state index in [1.54, 1.807) is 0 Å². The summed E-state index contributed by atoms with van der Waals surface area (Å²) in [5.74, 6) is 0.986. The second-order valence-electron chi connectivity index (χ2n) is 9.43.